The predicted octanol–water partition coefficient (Wildman–Crippen LogP) is 2.59. The van der Waals surface area contributed by atoms with E-state index in [1.807, 2.05) is 38.3 Å². The van der Waals surface area contributed by atoms with Crippen molar-refractivity contribution < 1.29 is 9.53 Å². The fraction of sp³-hybridized carbons (Fsp3) is 0.429. The molecule has 1 aromatic carbocycles. The third-order valence-electron chi connectivity index (χ3n) is 2.73. The lowest BCUT2D eigenvalue weighted by Crippen LogP contribution is -2.23. The van der Waals surface area contributed by atoms with Crippen molar-refractivity contribution in [3.8, 4) is 0 Å². The van der Waals surface area contributed by atoms with Crippen molar-refractivity contribution in [2.45, 2.75) is 39.8 Å². The summed E-state index contributed by atoms with van der Waals surface area (Å²) in [6.07, 6.45) is 0. The fourth-order valence-corrected chi connectivity index (χ4v) is 1.94. The number of benzene rings is 1. The van der Waals surface area contributed by atoms with E-state index in [0.29, 0.717) is 17.0 Å². The van der Waals surface area contributed by atoms with Gasteiger partial charge >= 0.3 is 5.97 Å². The quantitative estimate of drug-likeness (QED) is 0.843. The van der Waals surface area contributed by atoms with Gasteiger partial charge in [-0.2, -0.15) is 0 Å². The standard InChI is InChI=1S/C14H19N3O2/c1-5-17-11-7-6-9(8-10(11)16-13(17)15)12(18)19-14(2,3)4/h6-8H,5H2,1-4H3,(H2,15,16). The normalized spacial score (nSPS) is 11.8. The highest BCUT2D eigenvalue weighted by Crippen LogP contribution is 2.20. The van der Waals surface area contributed by atoms with Crippen LogP contribution < -0.4 is 5.73 Å². The molecule has 0 atom stereocenters. The zero-order valence-electron chi connectivity index (χ0n) is 11.7. The van der Waals surface area contributed by atoms with Gasteiger partial charge in [0.25, 0.3) is 0 Å². The van der Waals surface area contributed by atoms with Crippen LogP contribution in [-0.4, -0.2) is 21.1 Å². The molecule has 0 fully saturated rings. The van der Waals surface area contributed by atoms with E-state index in [1.165, 1.54) is 0 Å². The van der Waals surface area contributed by atoms with Crippen molar-refractivity contribution >= 4 is 23.0 Å². The zero-order valence-corrected chi connectivity index (χ0v) is 11.7. The summed E-state index contributed by atoms with van der Waals surface area (Å²) in [6.45, 7) is 8.26. The number of nitrogen functional groups attached to an aromatic ring is 1. The molecule has 0 bridgehead atoms. The summed E-state index contributed by atoms with van der Waals surface area (Å²) in [5, 5.41) is 0. The molecule has 5 nitrogen and oxygen atoms in total. The highest BCUT2D eigenvalue weighted by atomic mass is 16.6. The van der Waals surface area contributed by atoms with Crippen LogP contribution in [0, 0.1) is 0 Å². The molecule has 19 heavy (non-hydrogen) atoms. The van der Waals surface area contributed by atoms with Crippen molar-refractivity contribution in [3.63, 3.8) is 0 Å². The minimum atomic E-state index is -0.506. The number of imidazole rings is 1. The van der Waals surface area contributed by atoms with Crippen LogP contribution in [0.1, 0.15) is 38.1 Å². The number of fused-ring (bicyclic) bond motifs is 1. The van der Waals surface area contributed by atoms with Crippen LogP contribution in [0.5, 0.6) is 0 Å². The summed E-state index contributed by atoms with van der Waals surface area (Å²) in [7, 11) is 0. The first-order valence-electron chi connectivity index (χ1n) is 6.31. The Morgan fingerprint density at radius 1 is 1.42 bits per heavy atom. The van der Waals surface area contributed by atoms with Crippen LogP contribution in [-0.2, 0) is 11.3 Å². The second kappa shape index (κ2) is 4.57. The highest BCUT2D eigenvalue weighted by Gasteiger charge is 2.18. The monoisotopic (exact) mass is 261 g/mol. The fourth-order valence-electron chi connectivity index (χ4n) is 1.94. The Bertz CT molecular complexity index is 623. The molecule has 2 aromatic rings. The molecule has 0 aliphatic carbocycles. The summed E-state index contributed by atoms with van der Waals surface area (Å²) in [4.78, 5) is 16.2. The average molecular weight is 261 g/mol. The molecular weight excluding hydrogens is 242 g/mol. The van der Waals surface area contributed by atoms with Crippen LogP contribution in [0.4, 0.5) is 5.95 Å². The van der Waals surface area contributed by atoms with Crippen molar-refractivity contribution in [1.29, 1.82) is 0 Å². The van der Waals surface area contributed by atoms with E-state index in [4.69, 9.17) is 10.5 Å². The summed E-state index contributed by atoms with van der Waals surface area (Å²) < 4.78 is 7.23. The van der Waals surface area contributed by atoms with Crippen molar-refractivity contribution in [2.24, 2.45) is 0 Å². The third-order valence-corrected chi connectivity index (χ3v) is 2.73. The number of aromatic nitrogens is 2. The number of esters is 1. The largest absolute Gasteiger partial charge is 0.456 e. The number of carbonyl (C=O) groups is 1. The minimum Gasteiger partial charge on any atom is -0.456 e. The number of carbonyl (C=O) groups excluding carboxylic acids is 1. The molecule has 102 valence electrons. The van der Waals surface area contributed by atoms with Gasteiger partial charge in [-0.05, 0) is 45.9 Å². The zero-order chi connectivity index (χ0) is 14.2. The molecule has 1 aromatic heterocycles. The van der Waals surface area contributed by atoms with Crippen LogP contribution in [0.15, 0.2) is 18.2 Å². The van der Waals surface area contributed by atoms with Crippen LogP contribution in [0.2, 0.25) is 0 Å². The van der Waals surface area contributed by atoms with Gasteiger partial charge in [0.15, 0.2) is 0 Å². The van der Waals surface area contributed by atoms with Gasteiger partial charge in [-0.15, -0.1) is 0 Å². The van der Waals surface area contributed by atoms with Gasteiger partial charge in [-0.1, -0.05) is 0 Å². The molecule has 2 N–H and O–H groups in total. The lowest BCUT2D eigenvalue weighted by molar-refractivity contribution is 0.00697. The number of nitrogens with two attached hydrogens (primary N) is 1. The molecule has 0 saturated carbocycles. The molecule has 5 heteroatoms. The van der Waals surface area contributed by atoms with E-state index in [0.717, 1.165) is 12.1 Å². The van der Waals surface area contributed by atoms with Gasteiger partial charge in [0, 0.05) is 6.54 Å². The Hall–Kier alpha value is -2.04. The molecule has 0 unspecified atom stereocenters. The molecule has 0 saturated heterocycles. The maximum absolute atomic E-state index is 12.0. The number of hydrogen-bond acceptors (Lipinski definition) is 4. The maximum Gasteiger partial charge on any atom is 0.338 e. The van der Waals surface area contributed by atoms with E-state index in [2.05, 4.69) is 4.98 Å². The number of anilines is 1. The maximum atomic E-state index is 12.0. The van der Waals surface area contributed by atoms with Crippen molar-refractivity contribution in [2.75, 3.05) is 5.73 Å². The van der Waals surface area contributed by atoms with E-state index in [1.54, 1.807) is 12.1 Å². The van der Waals surface area contributed by atoms with Gasteiger partial charge < -0.3 is 15.0 Å². The minimum absolute atomic E-state index is 0.348. The second-order valence-corrected chi connectivity index (χ2v) is 5.42. The van der Waals surface area contributed by atoms with E-state index >= 15 is 0 Å². The van der Waals surface area contributed by atoms with Gasteiger partial charge in [-0.3, -0.25) is 0 Å². The third kappa shape index (κ3) is 2.70. The van der Waals surface area contributed by atoms with Crippen molar-refractivity contribution in [1.82, 2.24) is 9.55 Å². The first-order chi connectivity index (χ1) is 8.81. The van der Waals surface area contributed by atoms with E-state index in [9.17, 15) is 4.79 Å². The number of ether oxygens (including phenoxy) is 1. The second-order valence-electron chi connectivity index (χ2n) is 5.42. The average Bonchev–Trinajstić information content (AvgIpc) is 2.60. The Labute approximate surface area is 112 Å². The molecule has 0 amide bonds. The predicted molar refractivity (Wildman–Crippen MR) is 75.0 cm³/mol. The number of aryl methyl sites for hydroxylation is 1. The molecular formula is C14H19N3O2. The van der Waals surface area contributed by atoms with Crippen molar-refractivity contribution in [3.05, 3.63) is 23.8 Å². The molecule has 0 aliphatic rings. The van der Waals surface area contributed by atoms with Gasteiger partial charge in [0.05, 0.1) is 16.6 Å². The lowest BCUT2D eigenvalue weighted by atomic mass is 10.1. The Morgan fingerprint density at radius 3 is 2.68 bits per heavy atom. The smallest absolute Gasteiger partial charge is 0.338 e. The summed E-state index contributed by atoms with van der Waals surface area (Å²) in [6, 6.07) is 5.30. The first kappa shape index (κ1) is 13.4. The highest BCUT2D eigenvalue weighted by molar-refractivity contribution is 5.94. The Balaban J connectivity index is 2.40. The molecule has 1 heterocycles. The summed E-state index contributed by atoms with van der Waals surface area (Å²) in [5.74, 6) is 0.109. The Kier molecular flexibility index (Phi) is 3.22. The topological polar surface area (TPSA) is 70.1 Å². The number of rotatable bonds is 2. The molecule has 0 radical (unpaired) electrons. The van der Waals surface area contributed by atoms with Crippen LogP contribution >= 0.6 is 0 Å². The number of nitrogens with zero attached hydrogens (tertiary/aromatic N) is 2. The van der Waals surface area contributed by atoms with Crippen LogP contribution in [0.3, 0.4) is 0 Å². The molecule has 0 spiro atoms. The van der Waals surface area contributed by atoms with Crippen LogP contribution in [0.25, 0.3) is 11.0 Å². The van der Waals surface area contributed by atoms with Gasteiger partial charge in [-0.25, -0.2) is 9.78 Å². The van der Waals surface area contributed by atoms with E-state index < -0.39 is 5.60 Å². The Morgan fingerprint density at radius 2 is 2.11 bits per heavy atom. The van der Waals surface area contributed by atoms with Gasteiger partial charge in [0.1, 0.15) is 5.60 Å². The van der Waals surface area contributed by atoms with E-state index in [-0.39, 0.29) is 5.97 Å². The lowest BCUT2D eigenvalue weighted by Gasteiger charge is -2.19. The number of hydrogen-bond donors (Lipinski definition) is 1. The summed E-state index contributed by atoms with van der Waals surface area (Å²) in [5.41, 5.74) is 7.44. The molecule has 2 rings (SSSR count). The summed E-state index contributed by atoms with van der Waals surface area (Å²) >= 11 is 0. The first-order valence-corrected chi connectivity index (χ1v) is 6.31. The molecule has 0 aliphatic heterocycles. The SMILES string of the molecule is CCn1c(N)nc2cc(C(=O)OC(C)(C)C)ccc21. The van der Waals surface area contributed by atoms with Gasteiger partial charge in [0.2, 0.25) is 5.95 Å².